The topological polar surface area (TPSA) is 160 Å². The van der Waals surface area contributed by atoms with Gasteiger partial charge >= 0.3 is 0 Å². The van der Waals surface area contributed by atoms with Crippen LogP contribution in [0.5, 0.6) is 17.5 Å². The van der Waals surface area contributed by atoms with E-state index in [-0.39, 0.29) is 48.7 Å². The molecule has 0 saturated carbocycles. The predicted molar refractivity (Wildman–Crippen MR) is 96.1 cm³/mol. The monoisotopic (exact) mass is 360 g/mol. The normalized spacial score (nSPS) is 12.2. The van der Waals surface area contributed by atoms with Crippen molar-refractivity contribution < 1.29 is 24.8 Å². The average molecular weight is 360 g/mol. The summed E-state index contributed by atoms with van der Waals surface area (Å²) in [7, 11) is 0. The quantitative estimate of drug-likeness (QED) is 0.362. The van der Waals surface area contributed by atoms with Crippen molar-refractivity contribution >= 4 is 22.3 Å². The number of hydrogen-bond acceptors (Lipinski definition) is 8. The number of aromatic amines is 1. The second-order valence-corrected chi connectivity index (χ2v) is 5.60. The molecule has 138 valence electrons. The van der Waals surface area contributed by atoms with E-state index in [9.17, 15) is 10.2 Å². The highest BCUT2D eigenvalue weighted by Crippen LogP contribution is 2.33. The summed E-state index contributed by atoms with van der Waals surface area (Å²) in [6.45, 7) is -0.531. The Hall–Kier alpha value is -3.17. The molecule has 0 saturated heterocycles. The smallest absolute Gasteiger partial charge is 0.241 e. The Bertz CT molecular complexity index is 912. The maximum atomic E-state index is 9.92. The van der Waals surface area contributed by atoms with Crippen LogP contribution >= 0.6 is 0 Å². The predicted octanol–water partition coefficient (Wildman–Crippen LogP) is 0.916. The van der Waals surface area contributed by atoms with Gasteiger partial charge in [-0.15, -0.1) is 0 Å². The fraction of sp³-hybridized carbons (Fsp3) is 0.235. The van der Waals surface area contributed by atoms with Gasteiger partial charge in [-0.2, -0.15) is 4.98 Å². The molecule has 3 aromatic rings. The van der Waals surface area contributed by atoms with Crippen molar-refractivity contribution in [3.8, 4) is 17.5 Å². The molecule has 0 fully saturated rings. The van der Waals surface area contributed by atoms with Crippen molar-refractivity contribution in [1.82, 2.24) is 9.97 Å². The number of phenols is 1. The average Bonchev–Trinajstić information content (AvgIpc) is 3.05. The number of ether oxygens (including phenoxy) is 2. The number of rotatable bonds is 7. The molecule has 9 heteroatoms. The number of nitrogen functional groups attached to an aromatic ring is 2. The highest BCUT2D eigenvalue weighted by molar-refractivity contribution is 5.86. The molecule has 0 radical (unpaired) electrons. The van der Waals surface area contributed by atoms with E-state index in [1.807, 2.05) is 0 Å². The Balaban J connectivity index is 1.90. The number of H-pyrrole nitrogens is 1. The van der Waals surface area contributed by atoms with Gasteiger partial charge in [-0.3, -0.25) is 0 Å². The molecular formula is C17H20N4O5. The molecule has 0 amide bonds. The minimum atomic E-state index is -0.800. The lowest BCUT2D eigenvalue weighted by molar-refractivity contribution is 0.108. The zero-order valence-corrected chi connectivity index (χ0v) is 13.8. The molecule has 1 aromatic carbocycles. The number of benzene rings is 1. The lowest BCUT2D eigenvalue weighted by atomic mass is 10.2. The molecule has 0 aliphatic rings. The SMILES string of the molecule is Nc1cc(N)c(OC(CO)c2cc3c(O)cccc3[nH]2)nc1OCCO. The molecule has 0 aliphatic carbocycles. The first-order chi connectivity index (χ1) is 12.5. The second kappa shape index (κ2) is 7.38. The number of phenolic OH excluding ortho intramolecular Hbond substituents is 1. The lowest BCUT2D eigenvalue weighted by Gasteiger charge is -2.17. The number of aliphatic hydroxyl groups excluding tert-OH is 2. The Kier molecular flexibility index (Phi) is 5.01. The van der Waals surface area contributed by atoms with Gasteiger partial charge in [0.1, 0.15) is 12.4 Å². The van der Waals surface area contributed by atoms with E-state index in [0.717, 1.165) is 0 Å². The van der Waals surface area contributed by atoms with Crippen LogP contribution in [0.25, 0.3) is 10.9 Å². The molecule has 2 heterocycles. The third kappa shape index (κ3) is 3.44. The molecule has 0 spiro atoms. The van der Waals surface area contributed by atoms with Gasteiger partial charge in [-0.25, -0.2) is 0 Å². The third-order valence-electron chi connectivity index (χ3n) is 3.77. The van der Waals surface area contributed by atoms with Crippen LogP contribution in [0.3, 0.4) is 0 Å². The summed E-state index contributed by atoms with van der Waals surface area (Å²) >= 11 is 0. The standard InChI is InChI=1S/C17H20N4O5/c18-10-7-11(19)17(21-16(10)25-5-4-22)26-15(8-23)13-6-9-12(20-13)2-1-3-14(9)24/h1-3,6-7,15,20,22-24H,4-5,8,18-19H2. The first-order valence-corrected chi connectivity index (χ1v) is 7.91. The van der Waals surface area contributed by atoms with Crippen LogP contribution in [0.15, 0.2) is 30.3 Å². The van der Waals surface area contributed by atoms with Crippen molar-refractivity contribution in [3.05, 3.63) is 36.0 Å². The number of aromatic nitrogens is 2. The molecule has 0 aliphatic heterocycles. The first kappa shape index (κ1) is 17.6. The van der Waals surface area contributed by atoms with E-state index in [2.05, 4.69) is 9.97 Å². The number of nitrogens with zero attached hydrogens (tertiary/aromatic N) is 1. The van der Waals surface area contributed by atoms with Crippen LogP contribution < -0.4 is 20.9 Å². The van der Waals surface area contributed by atoms with E-state index in [1.54, 1.807) is 24.3 Å². The van der Waals surface area contributed by atoms with Gasteiger partial charge in [-0.05, 0) is 24.3 Å². The largest absolute Gasteiger partial charge is 0.507 e. The fourth-order valence-electron chi connectivity index (χ4n) is 2.53. The van der Waals surface area contributed by atoms with E-state index < -0.39 is 6.10 Å². The highest BCUT2D eigenvalue weighted by Gasteiger charge is 2.20. The highest BCUT2D eigenvalue weighted by atomic mass is 16.5. The van der Waals surface area contributed by atoms with Crippen molar-refractivity contribution in [3.63, 3.8) is 0 Å². The summed E-state index contributed by atoms with van der Waals surface area (Å²) in [4.78, 5) is 7.20. The summed E-state index contributed by atoms with van der Waals surface area (Å²) in [5, 5.41) is 29.1. The molecule has 9 nitrogen and oxygen atoms in total. The minimum Gasteiger partial charge on any atom is -0.507 e. The van der Waals surface area contributed by atoms with Crippen LogP contribution in [0.1, 0.15) is 11.8 Å². The van der Waals surface area contributed by atoms with Crippen molar-refractivity contribution in [2.45, 2.75) is 6.10 Å². The number of fused-ring (bicyclic) bond motifs is 1. The molecule has 2 aromatic heterocycles. The van der Waals surface area contributed by atoms with Crippen molar-refractivity contribution in [2.24, 2.45) is 0 Å². The molecule has 0 bridgehead atoms. The zero-order chi connectivity index (χ0) is 18.7. The summed E-state index contributed by atoms with van der Waals surface area (Å²) in [6.07, 6.45) is -0.800. The molecule has 3 rings (SSSR count). The Morgan fingerprint density at radius 1 is 1.12 bits per heavy atom. The fourth-order valence-corrected chi connectivity index (χ4v) is 2.53. The van der Waals surface area contributed by atoms with Gasteiger partial charge in [-0.1, -0.05) is 6.07 Å². The number of hydrogen-bond donors (Lipinski definition) is 6. The minimum absolute atomic E-state index is 0.0191. The maximum absolute atomic E-state index is 9.92. The van der Waals surface area contributed by atoms with Gasteiger partial charge in [0.05, 0.1) is 30.3 Å². The molecule has 26 heavy (non-hydrogen) atoms. The van der Waals surface area contributed by atoms with Gasteiger partial charge in [0.25, 0.3) is 0 Å². The second-order valence-electron chi connectivity index (χ2n) is 5.60. The molecular weight excluding hydrogens is 340 g/mol. The summed E-state index contributed by atoms with van der Waals surface area (Å²) in [6, 6.07) is 8.18. The van der Waals surface area contributed by atoms with Gasteiger partial charge < -0.3 is 41.2 Å². The zero-order valence-electron chi connectivity index (χ0n) is 13.8. The Morgan fingerprint density at radius 3 is 2.58 bits per heavy atom. The Labute approximate surface area is 148 Å². The van der Waals surface area contributed by atoms with E-state index in [4.69, 9.17) is 26.0 Å². The van der Waals surface area contributed by atoms with E-state index in [0.29, 0.717) is 16.6 Å². The molecule has 8 N–H and O–H groups in total. The lowest BCUT2D eigenvalue weighted by Crippen LogP contribution is -2.15. The van der Waals surface area contributed by atoms with Crippen LogP contribution in [-0.2, 0) is 0 Å². The molecule has 1 unspecified atom stereocenters. The van der Waals surface area contributed by atoms with Crippen LogP contribution in [-0.4, -0.2) is 45.1 Å². The number of pyridine rings is 1. The third-order valence-corrected chi connectivity index (χ3v) is 3.77. The number of nitrogens with two attached hydrogens (primary N) is 2. The van der Waals surface area contributed by atoms with Gasteiger partial charge in [0.15, 0.2) is 6.10 Å². The van der Waals surface area contributed by atoms with E-state index >= 15 is 0 Å². The van der Waals surface area contributed by atoms with Gasteiger partial charge in [0, 0.05) is 10.9 Å². The first-order valence-electron chi connectivity index (χ1n) is 7.91. The number of aliphatic hydroxyl groups is 2. The Morgan fingerprint density at radius 2 is 1.88 bits per heavy atom. The van der Waals surface area contributed by atoms with Crippen molar-refractivity contribution in [1.29, 1.82) is 0 Å². The summed E-state index contributed by atoms with van der Waals surface area (Å²) in [5.41, 5.74) is 13.3. The maximum Gasteiger partial charge on any atom is 0.241 e. The summed E-state index contributed by atoms with van der Waals surface area (Å²) < 4.78 is 11.0. The summed E-state index contributed by atoms with van der Waals surface area (Å²) in [5.74, 6) is 0.231. The van der Waals surface area contributed by atoms with E-state index in [1.165, 1.54) is 6.07 Å². The van der Waals surface area contributed by atoms with Crippen LogP contribution in [0.2, 0.25) is 0 Å². The number of anilines is 2. The number of aromatic hydroxyl groups is 1. The van der Waals surface area contributed by atoms with Crippen molar-refractivity contribution in [2.75, 3.05) is 31.3 Å². The van der Waals surface area contributed by atoms with Gasteiger partial charge in [0.2, 0.25) is 11.8 Å². The van der Waals surface area contributed by atoms with Crippen LogP contribution in [0.4, 0.5) is 11.4 Å². The number of nitrogens with one attached hydrogen (secondary N) is 1. The molecule has 1 atom stereocenters. The van der Waals surface area contributed by atoms with Crippen LogP contribution in [0, 0.1) is 0 Å².